The lowest BCUT2D eigenvalue weighted by Crippen LogP contribution is -2.31. The summed E-state index contributed by atoms with van der Waals surface area (Å²) < 4.78 is 5.17. The van der Waals surface area contributed by atoms with Crippen LogP contribution in [-0.2, 0) is 20.7 Å². The zero-order valence-corrected chi connectivity index (χ0v) is 16.9. The van der Waals surface area contributed by atoms with Crippen molar-refractivity contribution in [1.29, 1.82) is 0 Å². The van der Waals surface area contributed by atoms with Gasteiger partial charge in [0.1, 0.15) is 0 Å². The van der Waals surface area contributed by atoms with Crippen LogP contribution in [0.1, 0.15) is 49.0 Å². The van der Waals surface area contributed by atoms with Gasteiger partial charge in [0.2, 0.25) is 5.91 Å². The zero-order valence-electron chi connectivity index (χ0n) is 16.9. The van der Waals surface area contributed by atoms with Crippen molar-refractivity contribution in [2.75, 3.05) is 11.9 Å². The Hall–Kier alpha value is -3.15. The molecule has 154 valence electrons. The second-order valence-electron chi connectivity index (χ2n) is 6.86. The first kappa shape index (κ1) is 22.1. The van der Waals surface area contributed by atoms with Crippen molar-refractivity contribution >= 4 is 23.5 Å². The number of nitrogens with one attached hydrogen (secondary N) is 2. The first-order valence-electron chi connectivity index (χ1n) is 9.88. The summed E-state index contributed by atoms with van der Waals surface area (Å²) in [7, 11) is 0. The molecule has 0 aromatic heterocycles. The molecule has 0 aliphatic rings. The number of amides is 2. The van der Waals surface area contributed by atoms with Crippen LogP contribution in [0.2, 0.25) is 0 Å². The SMILES string of the molecule is CCC(C)NC(=O)c1ccc(NC(=O)CCC(=O)OCCc2ccccc2)cc1. The van der Waals surface area contributed by atoms with Crippen LogP contribution in [0.4, 0.5) is 5.69 Å². The smallest absolute Gasteiger partial charge is 0.306 e. The van der Waals surface area contributed by atoms with Gasteiger partial charge in [-0.05, 0) is 43.2 Å². The van der Waals surface area contributed by atoms with Gasteiger partial charge in [-0.3, -0.25) is 14.4 Å². The molecule has 6 heteroatoms. The van der Waals surface area contributed by atoms with Crippen LogP contribution >= 0.6 is 0 Å². The average Bonchev–Trinajstić information content (AvgIpc) is 2.73. The van der Waals surface area contributed by atoms with E-state index in [1.54, 1.807) is 24.3 Å². The number of ether oxygens (including phenoxy) is 1. The Bertz CT molecular complexity index is 803. The number of hydrogen-bond acceptors (Lipinski definition) is 4. The van der Waals surface area contributed by atoms with E-state index < -0.39 is 5.97 Å². The molecule has 6 nitrogen and oxygen atoms in total. The second kappa shape index (κ2) is 11.6. The van der Waals surface area contributed by atoms with Gasteiger partial charge in [0.05, 0.1) is 13.0 Å². The largest absolute Gasteiger partial charge is 0.465 e. The quantitative estimate of drug-likeness (QED) is 0.600. The van der Waals surface area contributed by atoms with Gasteiger partial charge in [-0.1, -0.05) is 37.3 Å². The number of benzene rings is 2. The molecule has 2 aromatic rings. The predicted molar refractivity (Wildman–Crippen MR) is 113 cm³/mol. The van der Waals surface area contributed by atoms with Crippen LogP contribution < -0.4 is 10.6 Å². The number of carbonyl (C=O) groups is 3. The minimum Gasteiger partial charge on any atom is -0.465 e. The molecule has 2 rings (SSSR count). The normalized spacial score (nSPS) is 11.4. The van der Waals surface area contributed by atoms with Gasteiger partial charge in [0.25, 0.3) is 5.91 Å². The highest BCUT2D eigenvalue weighted by Crippen LogP contribution is 2.11. The van der Waals surface area contributed by atoms with E-state index in [0.717, 1.165) is 12.0 Å². The van der Waals surface area contributed by atoms with E-state index >= 15 is 0 Å². The van der Waals surface area contributed by atoms with E-state index in [0.29, 0.717) is 24.3 Å². The van der Waals surface area contributed by atoms with E-state index in [1.165, 1.54) is 0 Å². The highest BCUT2D eigenvalue weighted by atomic mass is 16.5. The van der Waals surface area contributed by atoms with Crippen LogP contribution in [0.5, 0.6) is 0 Å². The van der Waals surface area contributed by atoms with E-state index in [4.69, 9.17) is 4.74 Å². The summed E-state index contributed by atoms with van der Waals surface area (Å²) in [5, 5.41) is 5.61. The number of hydrogen-bond donors (Lipinski definition) is 2. The van der Waals surface area contributed by atoms with Crippen LogP contribution in [0, 0.1) is 0 Å². The van der Waals surface area contributed by atoms with E-state index in [2.05, 4.69) is 10.6 Å². The zero-order chi connectivity index (χ0) is 21.1. The molecule has 29 heavy (non-hydrogen) atoms. The van der Waals surface area contributed by atoms with Gasteiger partial charge in [0.15, 0.2) is 0 Å². The van der Waals surface area contributed by atoms with Crippen molar-refractivity contribution < 1.29 is 19.1 Å². The number of carbonyl (C=O) groups excluding carboxylic acids is 3. The van der Waals surface area contributed by atoms with E-state index in [1.807, 2.05) is 44.2 Å². The Kier molecular flexibility index (Phi) is 8.89. The van der Waals surface area contributed by atoms with Gasteiger partial charge >= 0.3 is 5.97 Å². The molecule has 0 saturated carbocycles. The standard InChI is InChI=1S/C23H28N2O4/c1-3-17(2)24-23(28)19-9-11-20(12-10-19)25-21(26)13-14-22(27)29-16-15-18-7-5-4-6-8-18/h4-12,17H,3,13-16H2,1-2H3,(H,24,28)(H,25,26). The maximum absolute atomic E-state index is 12.1. The maximum Gasteiger partial charge on any atom is 0.306 e. The number of anilines is 1. The van der Waals surface area contributed by atoms with Crippen molar-refractivity contribution in [3.63, 3.8) is 0 Å². The van der Waals surface area contributed by atoms with Crippen molar-refractivity contribution in [2.24, 2.45) is 0 Å². The Morgan fingerprint density at radius 1 is 0.966 bits per heavy atom. The van der Waals surface area contributed by atoms with Crippen LogP contribution in [0.15, 0.2) is 54.6 Å². The third kappa shape index (κ3) is 8.17. The van der Waals surface area contributed by atoms with Gasteiger partial charge < -0.3 is 15.4 Å². The van der Waals surface area contributed by atoms with E-state index in [9.17, 15) is 14.4 Å². The number of esters is 1. The first-order valence-corrected chi connectivity index (χ1v) is 9.88. The third-order valence-corrected chi connectivity index (χ3v) is 4.47. The van der Waals surface area contributed by atoms with Crippen LogP contribution in [0.3, 0.4) is 0 Å². The molecule has 0 aliphatic heterocycles. The molecule has 0 aliphatic carbocycles. The van der Waals surface area contributed by atoms with Crippen LogP contribution in [0.25, 0.3) is 0 Å². The second-order valence-corrected chi connectivity index (χ2v) is 6.86. The summed E-state index contributed by atoms with van der Waals surface area (Å²) >= 11 is 0. The van der Waals surface area contributed by atoms with Crippen molar-refractivity contribution in [1.82, 2.24) is 5.32 Å². The molecule has 0 radical (unpaired) electrons. The molecule has 2 amide bonds. The molecular formula is C23H28N2O4. The molecule has 1 unspecified atom stereocenters. The molecule has 0 heterocycles. The Balaban J connectivity index is 1.69. The Labute approximate surface area is 171 Å². The minimum absolute atomic E-state index is 0.0238. The molecule has 0 saturated heterocycles. The Morgan fingerprint density at radius 3 is 2.31 bits per heavy atom. The van der Waals surface area contributed by atoms with Gasteiger partial charge in [0, 0.05) is 30.1 Å². The fraction of sp³-hybridized carbons (Fsp3) is 0.348. The topological polar surface area (TPSA) is 84.5 Å². The summed E-state index contributed by atoms with van der Waals surface area (Å²) in [5.74, 6) is -0.814. The van der Waals surface area contributed by atoms with Gasteiger partial charge in [-0.15, -0.1) is 0 Å². The lowest BCUT2D eigenvalue weighted by atomic mass is 10.1. The molecule has 2 N–H and O–H groups in total. The van der Waals surface area contributed by atoms with Crippen molar-refractivity contribution in [2.45, 2.75) is 45.6 Å². The molecule has 2 aromatic carbocycles. The van der Waals surface area contributed by atoms with Crippen molar-refractivity contribution in [3.05, 3.63) is 65.7 Å². The molecular weight excluding hydrogens is 368 g/mol. The predicted octanol–water partition coefficient (Wildman–Crippen LogP) is 3.72. The monoisotopic (exact) mass is 396 g/mol. The fourth-order valence-corrected chi connectivity index (χ4v) is 2.55. The Morgan fingerprint density at radius 2 is 1.66 bits per heavy atom. The summed E-state index contributed by atoms with van der Waals surface area (Å²) in [6.45, 7) is 4.24. The molecule has 1 atom stereocenters. The fourth-order valence-electron chi connectivity index (χ4n) is 2.55. The average molecular weight is 396 g/mol. The maximum atomic E-state index is 12.1. The highest BCUT2D eigenvalue weighted by Gasteiger charge is 2.11. The van der Waals surface area contributed by atoms with Gasteiger partial charge in [-0.25, -0.2) is 0 Å². The third-order valence-electron chi connectivity index (χ3n) is 4.47. The molecule has 0 fully saturated rings. The lowest BCUT2D eigenvalue weighted by Gasteiger charge is -2.11. The summed E-state index contributed by atoms with van der Waals surface area (Å²) in [4.78, 5) is 35.8. The first-order chi connectivity index (χ1) is 14.0. The van der Waals surface area contributed by atoms with Crippen LogP contribution in [-0.4, -0.2) is 30.4 Å². The van der Waals surface area contributed by atoms with Crippen molar-refractivity contribution in [3.8, 4) is 0 Å². The summed E-state index contributed by atoms with van der Waals surface area (Å²) in [6.07, 6.45) is 1.57. The molecule has 0 bridgehead atoms. The molecule has 0 spiro atoms. The minimum atomic E-state index is -0.395. The lowest BCUT2D eigenvalue weighted by molar-refractivity contribution is -0.144. The summed E-state index contributed by atoms with van der Waals surface area (Å²) in [5.41, 5.74) is 2.21. The summed E-state index contributed by atoms with van der Waals surface area (Å²) in [6, 6.07) is 16.5. The highest BCUT2D eigenvalue weighted by molar-refractivity contribution is 5.96. The number of rotatable bonds is 10. The van der Waals surface area contributed by atoms with E-state index in [-0.39, 0.29) is 30.7 Å². The van der Waals surface area contributed by atoms with Gasteiger partial charge in [-0.2, -0.15) is 0 Å².